The fourth-order valence-corrected chi connectivity index (χ4v) is 6.18. The van der Waals surface area contributed by atoms with Gasteiger partial charge in [-0.25, -0.2) is 0 Å². The number of amides is 2. The van der Waals surface area contributed by atoms with Crippen LogP contribution in [0, 0.1) is 0 Å². The number of furan rings is 1. The van der Waals surface area contributed by atoms with E-state index >= 15 is 0 Å². The Morgan fingerprint density at radius 2 is 1.84 bits per heavy atom. The monoisotopic (exact) mass is 452 g/mol. The van der Waals surface area contributed by atoms with E-state index in [-0.39, 0.29) is 22.4 Å². The minimum absolute atomic E-state index is 0.0600. The molecule has 0 aliphatic carbocycles. The third-order valence-electron chi connectivity index (χ3n) is 6.32. The van der Waals surface area contributed by atoms with Crippen molar-refractivity contribution < 1.29 is 14.0 Å². The number of piperidine rings is 1. The van der Waals surface area contributed by atoms with Crippen molar-refractivity contribution in [2.45, 2.75) is 24.3 Å². The smallest absolute Gasteiger partial charge is 0.234 e. The molecular weight excluding hydrogens is 428 g/mol. The first-order valence-electron chi connectivity index (χ1n) is 10.5. The number of hydrogen-bond acceptors (Lipinski definition) is 5. The first-order valence-corrected chi connectivity index (χ1v) is 12.1. The Morgan fingerprint density at radius 3 is 2.65 bits per heavy atom. The van der Waals surface area contributed by atoms with Crippen molar-refractivity contribution in [1.29, 1.82) is 0 Å². The van der Waals surface area contributed by atoms with E-state index in [1.807, 2.05) is 40.1 Å². The van der Waals surface area contributed by atoms with Gasteiger partial charge in [-0.3, -0.25) is 9.59 Å². The SMILES string of the molecule is O=C(CS)N1CCC2(CC1)SCC(=O)N2Cc1ccc(-c2cccc3ccccc23)o1. The van der Waals surface area contributed by atoms with Gasteiger partial charge in [0, 0.05) is 18.7 Å². The van der Waals surface area contributed by atoms with Gasteiger partial charge in [0.05, 0.1) is 22.9 Å². The number of nitrogens with zero attached hydrogens (tertiary/aromatic N) is 2. The number of fused-ring (bicyclic) bond motifs is 1. The van der Waals surface area contributed by atoms with E-state index in [0.717, 1.165) is 35.3 Å². The van der Waals surface area contributed by atoms with Crippen LogP contribution in [0.5, 0.6) is 0 Å². The molecule has 1 aromatic heterocycles. The topological polar surface area (TPSA) is 53.8 Å². The molecule has 7 heteroatoms. The van der Waals surface area contributed by atoms with Crippen LogP contribution < -0.4 is 0 Å². The van der Waals surface area contributed by atoms with Gasteiger partial charge in [0.15, 0.2) is 0 Å². The highest BCUT2D eigenvalue weighted by Gasteiger charge is 2.48. The summed E-state index contributed by atoms with van der Waals surface area (Å²) in [5.74, 6) is 2.51. The van der Waals surface area contributed by atoms with E-state index in [9.17, 15) is 9.59 Å². The fraction of sp³-hybridized carbons (Fsp3) is 0.333. The average molecular weight is 453 g/mol. The standard InChI is InChI=1S/C24H24N2O3S2/c27-22(15-30)25-12-10-24(11-13-25)26(23(28)16-31-24)14-18-8-9-21(29-18)20-7-3-5-17-4-1-2-6-19(17)20/h1-9,30H,10-16H2. The molecule has 0 atom stereocenters. The van der Waals surface area contributed by atoms with Crippen LogP contribution in [-0.2, 0) is 16.1 Å². The molecule has 1 spiro atoms. The van der Waals surface area contributed by atoms with E-state index in [4.69, 9.17) is 4.42 Å². The molecule has 5 rings (SSSR count). The lowest BCUT2D eigenvalue weighted by atomic mass is 10.0. The quantitative estimate of drug-likeness (QED) is 0.596. The van der Waals surface area contributed by atoms with Gasteiger partial charge in [-0.1, -0.05) is 42.5 Å². The highest BCUT2D eigenvalue weighted by molar-refractivity contribution is 8.01. The Morgan fingerprint density at radius 1 is 1.06 bits per heavy atom. The van der Waals surface area contributed by atoms with E-state index in [2.05, 4.69) is 36.9 Å². The summed E-state index contributed by atoms with van der Waals surface area (Å²) in [7, 11) is 0. The van der Waals surface area contributed by atoms with E-state index in [1.54, 1.807) is 11.8 Å². The summed E-state index contributed by atoms with van der Waals surface area (Å²) in [4.78, 5) is 28.3. The van der Waals surface area contributed by atoms with Crippen molar-refractivity contribution in [2.24, 2.45) is 0 Å². The molecule has 31 heavy (non-hydrogen) atoms. The molecule has 2 amide bonds. The Labute approximate surface area is 191 Å². The molecular formula is C24H24N2O3S2. The zero-order valence-electron chi connectivity index (χ0n) is 17.1. The molecule has 0 radical (unpaired) electrons. The molecule has 3 heterocycles. The van der Waals surface area contributed by atoms with Crippen molar-refractivity contribution in [3.63, 3.8) is 0 Å². The van der Waals surface area contributed by atoms with Crippen LogP contribution in [0.25, 0.3) is 22.1 Å². The third-order valence-corrected chi connectivity index (χ3v) is 8.15. The Balaban J connectivity index is 1.37. The van der Waals surface area contributed by atoms with Crippen molar-refractivity contribution in [1.82, 2.24) is 9.80 Å². The number of carbonyl (C=O) groups is 2. The van der Waals surface area contributed by atoms with E-state index in [0.29, 0.717) is 25.4 Å². The first kappa shape index (κ1) is 20.5. The van der Waals surface area contributed by atoms with Crippen LogP contribution in [0.3, 0.4) is 0 Å². The second-order valence-electron chi connectivity index (χ2n) is 8.05. The molecule has 2 aliphatic heterocycles. The third kappa shape index (κ3) is 3.74. The Bertz CT molecular complexity index is 1130. The minimum atomic E-state index is -0.253. The predicted molar refractivity (Wildman–Crippen MR) is 127 cm³/mol. The lowest BCUT2D eigenvalue weighted by Crippen LogP contribution is -2.52. The number of thioether (sulfide) groups is 1. The van der Waals surface area contributed by atoms with Crippen molar-refractivity contribution in [3.8, 4) is 11.3 Å². The van der Waals surface area contributed by atoms with Gasteiger partial charge >= 0.3 is 0 Å². The highest BCUT2D eigenvalue weighted by atomic mass is 32.2. The summed E-state index contributed by atoms with van der Waals surface area (Å²) >= 11 is 5.81. The lowest BCUT2D eigenvalue weighted by molar-refractivity contribution is -0.134. The van der Waals surface area contributed by atoms with Crippen molar-refractivity contribution >= 4 is 47.0 Å². The van der Waals surface area contributed by atoms with Gasteiger partial charge < -0.3 is 14.2 Å². The summed E-state index contributed by atoms with van der Waals surface area (Å²) in [5.41, 5.74) is 1.06. The van der Waals surface area contributed by atoms with Gasteiger partial charge in [0.25, 0.3) is 0 Å². The molecule has 160 valence electrons. The van der Waals surface area contributed by atoms with Crippen LogP contribution in [0.15, 0.2) is 59.0 Å². The second-order valence-corrected chi connectivity index (χ2v) is 9.70. The number of hydrogen-bond donors (Lipinski definition) is 1. The molecule has 0 N–H and O–H groups in total. The van der Waals surface area contributed by atoms with E-state index in [1.165, 1.54) is 5.39 Å². The number of carbonyl (C=O) groups excluding carboxylic acids is 2. The Kier molecular flexibility index (Phi) is 5.48. The Hall–Kier alpha value is -2.38. The van der Waals surface area contributed by atoms with Gasteiger partial charge in [-0.2, -0.15) is 12.6 Å². The maximum atomic E-state index is 12.7. The number of rotatable bonds is 4. The molecule has 0 bridgehead atoms. The van der Waals surface area contributed by atoms with Gasteiger partial charge in [0.1, 0.15) is 11.5 Å². The number of thiol groups is 1. The van der Waals surface area contributed by atoms with Crippen molar-refractivity contribution in [3.05, 3.63) is 60.4 Å². The van der Waals surface area contributed by atoms with Crippen LogP contribution in [0.2, 0.25) is 0 Å². The molecule has 2 fully saturated rings. The first-order chi connectivity index (χ1) is 15.1. The molecule has 2 aliphatic rings. The highest BCUT2D eigenvalue weighted by Crippen LogP contribution is 2.45. The normalized spacial score (nSPS) is 18.3. The van der Waals surface area contributed by atoms with E-state index < -0.39 is 0 Å². The van der Waals surface area contributed by atoms with Crippen LogP contribution in [-0.4, -0.2) is 51.1 Å². The van der Waals surface area contributed by atoms with Gasteiger partial charge in [-0.15, -0.1) is 11.8 Å². The molecule has 5 nitrogen and oxygen atoms in total. The zero-order valence-corrected chi connectivity index (χ0v) is 18.8. The number of benzene rings is 2. The second kappa shape index (κ2) is 8.28. The summed E-state index contributed by atoms with van der Waals surface area (Å²) < 4.78 is 6.22. The summed E-state index contributed by atoms with van der Waals surface area (Å²) in [6, 6.07) is 18.4. The molecule has 3 aromatic rings. The molecule has 0 unspecified atom stereocenters. The largest absolute Gasteiger partial charge is 0.459 e. The van der Waals surface area contributed by atoms with Crippen molar-refractivity contribution in [2.75, 3.05) is 24.6 Å². The molecule has 2 aromatic carbocycles. The van der Waals surface area contributed by atoms with Gasteiger partial charge in [0.2, 0.25) is 11.8 Å². The summed E-state index contributed by atoms with van der Waals surface area (Å²) in [6.45, 7) is 1.78. The van der Waals surface area contributed by atoms with Gasteiger partial charge in [-0.05, 0) is 35.7 Å². The average Bonchev–Trinajstić information content (AvgIpc) is 3.40. The number of likely N-dealkylation sites (tertiary alicyclic amines) is 1. The maximum absolute atomic E-state index is 12.7. The lowest BCUT2D eigenvalue weighted by Gasteiger charge is -2.43. The minimum Gasteiger partial charge on any atom is -0.459 e. The van der Waals surface area contributed by atoms with Crippen LogP contribution in [0.1, 0.15) is 18.6 Å². The summed E-state index contributed by atoms with van der Waals surface area (Å²) in [5, 5.41) is 2.32. The van der Waals surface area contributed by atoms with Crippen LogP contribution >= 0.6 is 24.4 Å². The molecule has 2 saturated heterocycles. The fourth-order valence-electron chi connectivity index (χ4n) is 4.63. The zero-order chi connectivity index (χ0) is 21.4. The van der Waals surface area contributed by atoms with Crippen LogP contribution in [0.4, 0.5) is 0 Å². The summed E-state index contributed by atoms with van der Waals surface area (Å²) in [6.07, 6.45) is 1.56. The molecule has 0 saturated carbocycles. The maximum Gasteiger partial charge on any atom is 0.234 e. The predicted octanol–water partition coefficient (Wildman–Crippen LogP) is 4.42.